The van der Waals surface area contributed by atoms with Crippen LogP contribution in [0.5, 0.6) is 0 Å². The number of nitrogens with zero attached hydrogens (tertiary/aromatic N) is 2. The first-order valence-corrected chi connectivity index (χ1v) is 8.18. The Labute approximate surface area is 132 Å². The highest BCUT2D eigenvalue weighted by atomic mass is 16.3. The normalized spacial score (nSPS) is 19.7. The quantitative estimate of drug-likeness (QED) is 0.917. The second-order valence-corrected chi connectivity index (χ2v) is 6.05. The zero-order valence-corrected chi connectivity index (χ0v) is 13.2. The third-order valence-corrected chi connectivity index (χ3v) is 4.72. The predicted octanol–water partition coefficient (Wildman–Crippen LogP) is 3.52. The number of hydrogen-bond donors (Lipinski definition) is 1. The van der Waals surface area contributed by atoms with E-state index < -0.39 is 5.60 Å². The summed E-state index contributed by atoms with van der Waals surface area (Å²) in [6, 6.07) is 16.1. The van der Waals surface area contributed by atoms with Crippen LogP contribution in [-0.2, 0) is 5.60 Å². The Morgan fingerprint density at radius 2 is 1.77 bits per heavy atom. The van der Waals surface area contributed by atoms with E-state index in [1.54, 1.807) is 6.20 Å². The summed E-state index contributed by atoms with van der Waals surface area (Å²) in [5, 5.41) is 11.6. The van der Waals surface area contributed by atoms with Gasteiger partial charge in [0.2, 0.25) is 0 Å². The lowest BCUT2D eigenvalue weighted by Gasteiger charge is -2.41. The van der Waals surface area contributed by atoms with E-state index in [4.69, 9.17) is 0 Å². The second-order valence-electron chi connectivity index (χ2n) is 6.05. The number of benzene rings is 1. The number of rotatable bonds is 5. The molecule has 1 aromatic heterocycles. The maximum Gasteiger partial charge on any atom is 0.126 e. The molecule has 1 aliphatic heterocycles. The molecule has 0 amide bonds. The molecule has 116 valence electrons. The topological polar surface area (TPSA) is 36.4 Å². The molecule has 0 saturated carbocycles. The Hall–Kier alpha value is -1.71. The fourth-order valence-electron chi connectivity index (χ4n) is 3.56. The standard InChI is InChI=1S/C19H24N2O/c1-2-19(22,17-12-6-7-13-20-17)18(21-14-8-9-15-21)16-10-4-3-5-11-16/h3-7,10-13,18,22H,2,8-9,14-15H2,1H3. The largest absolute Gasteiger partial charge is 0.382 e. The average molecular weight is 296 g/mol. The average Bonchev–Trinajstić information content (AvgIpc) is 3.10. The zero-order chi connectivity index (χ0) is 15.4. The van der Waals surface area contributed by atoms with Crippen LogP contribution in [0.4, 0.5) is 0 Å². The van der Waals surface area contributed by atoms with Gasteiger partial charge in [0, 0.05) is 6.20 Å². The number of likely N-dealkylation sites (tertiary alicyclic amines) is 1. The van der Waals surface area contributed by atoms with Crippen LogP contribution in [-0.4, -0.2) is 28.1 Å². The van der Waals surface area contributed by atoms with Gasteiger partial charge in [0.05, 0.1) is 11.7 Å². The highest BCUT2D eigenvalue weighted by Gasteiger charge is 2.43. The molecule has 0 aliphatic carbocycles. The van der Waals surface area contributed by atoms with Gasteiger partial charge < -0.3 is 5.11 Å². The molecule has 1 saturated heterocycles. The molecule has 1 aromatic carbocycles. The van der Waals surface area contributed by atoms with Gasteiger partial charge in [-0.25, -0.2) is 0 Å². The first-order valence-electron chi connectivity index (χ1n) is 8.18. The van der Waals surface area contributed by atoms with Gasteiger partial charge in [0.1, 0.15) is 5.60 Å². The smallest absolute Gasteiger partial charge is 0.126 e. The minimum atomic E-state index is -0.965. The molecule has 2 atom stereocenters. The van der Waals surface area contributed by atoms with Crippen molar-refractivity contribution in [2.45, 2.75) is 37.8 Å². The third kappa shape index (κ3) is 2.79. The van der Waals surface area contributed by atoms with Crippen molar-refractivity contribution in [1.29, 1.82) is 0 Å². The van der Waals surface area contributed by atoms with Gasteiger partial charge in [-0.05, 0) is 50.0 Å². The molecule has 3 heteroatoms. The van der Waals surface area contributed by atoms with Crippen molar-refractivity contribution < 1.29 is 5.11 Å². The SMILES string of the molecule is CCC(O)(c1ccccn1)C(c1ccccc1)N1CCCC1. The summed E-state index contributed by atoms with van der Waals surface area (Å²) >= 11 is 0. The van der Waals surface area contributed by atoms with Gasteiger partial charge in [-0.1, -0.05) is 43.3 Å². The number of hydrogen-bond acceptors (Lipinski definition) is 3. The Kier molecular flexibility index (Phi) is 4.55. The maximum atomic E-state index is 11.6. The van der Waals surface area contributed by atoms with Crippen LogP contribution in [0.15, 0.2) is 54.7 Å². The van der Waals surface area contributed by atoms with E-state index in [9.17, 15) is 5.11 Å². The summed E-state index contributed by atoms with van der Waals surface area (Å²) in [4.78, 5) is 6.87. The van der Waals surface area contributed by atoms with Crippen molar-refractivity contribution in [3.63, 3.8) is 0 Å². The summed E-state index contributed by atoms with van der Waals surface area (Å²) in [5.74, 6) is 0. The van der Waals surface area contributed by atoms with E-state index in [0.29, 0.717) is 6.42 Å². The lowest BCUT2D eigenvalue weighted by atomic mass is 9.82. The molecule has 1 aliphatic rings. The van der Waals surface area contributed by atoms with Gasteiger partial charge in [0.25, 0.3) is 0 Å². The van der Waals surface area contributed by atoms with Crippen molar-refractivity contribution in [2.75, 3.05) is 13.1 Å². The van der Waals surface area contributed by atoms with E-state index in [2.05, 4.69) is 22.0 Å². The number of aromatic nitrogens is 1. The first kappa shape index (κ1) is 15.2. The van der Waals surface area contributed by atoms with Gasteiger partial charge in [-0.3, -0.25) is 9.88 Å². The van der Waals surface area contributed by atoms with E-state index >= 15 is 0 Å². The Morgan fingerprint density at radius 3 is 2.36 bits per heavy atom. The van der Waals surface area contributed by atoms with Crippen molar-refractivity contribution in [3.05, 3.63) is 66.0 Å². The van der Waals surface area contributed by atoms with E-state index in [-0.39, 0.29) is 6.04 Å². The second kappa shape index (κ2) is 6.59. The van der Waals surface area contributed by atoms with Gasteiger partial charge in [0.15, 0.2) is 0 Å². The summed E-state index contributed by atoms with van der Waals surface area (Å²) in [5.41, 5.74) is 0.963. The van der Waals surface area contributed by atoms with Crippen molar-refractivity contribution >= 4 is 0 Å². The Morgan fingerprint density at radius 1 is 1.09 bits per heavy atom. The summed E-state index contributed by atoms with van der Waals surface area (Å²) in [6.07, 6.45) is 4.80. The summed E-state index contributed by atoms with van der Waals surface area (Å²) < 4.78 is 0. The van der Waals surface area contributed by atoms with Crippen LogP contribution < -0.4 is 0 Å². The van der Waals surface area contributed by atoms with E-state index in [1.807, 2.05) is 43.3 Å². The van der Waals surface area contributed by atoms with E-state index in [1.165, 1.54) is 18.4 Å². The predicted molar refractivity (Wildman–Crippen MR) is 88.4 cm³/mol. The first-order chi connectivity index (χ1) is 10.8. The van der Waals surface area contributed by atoms with E-state index in [0.717, 1.165) is 18.8 Å². The molecule has 2 unspecified atom stereocenters. The molecule has 3 rings (SSSR count). The summed E-state index contributed by atoms with van der Waals surface area (Å²) in [7, 11) is 0. The molecule has 1 fully saturated rings. The highest BCUT2D eigenvalue weighted by Crippen LogP contribution is 2.42. The van der Waals surface area contributed by atoms with Crippen molar-refractivity contribution in [2.24, 2.45) is 0 Å². The Bertz CT molecular complexity index is 581. The van der Waals surface area contributed by atoms with Crippen molar-refractivity contribution in [3.8, 4) is 0 Å². The molecular formula is C19H24N2O. The molecule has 0 radical (unpaired) electrons. The van der Waals surface area contributed by atoms with Crippen LogP contribution in [0, 0.1) is 0 Å². The lowest BCUT2D eigenvalue weighted by Crippen LogP contribution is -2.43. The van der Waals surface area contributed by atoms with Crippen LogP contribution >= 0.6 is 0 Å². The molecular weight excluding hydrogens is 272 g/mol. The van der Waals surface area contributed by atoms with Crippen LogP contribution in [0.25, 0.3) is 0 Å². The molecule has 2 aromatic rings. The monoisotopic (exact) mass is 296 g/mol. The van der Waals surface area contributed by atoms with Gasteiger partial charge in [-0.15, -0.1) is 0 Å². The third-order valence-electron chi connectivity index (χ3n) is 4.72. The molecule has 3 nitrogen and oxygen atoms in total. The number of aliphatic hydroxyl groups is 1. The van der Waals surface area contributed by atoms with Gasteiger partial charge >= 0.3 is 0 Å². The lowest BCUT2D eigenvalue weighted by molar-refractivity contribution is -0.0556. The zero-order valence-electron chi connectivity index (χ0n) is 13.2. The fourth-order valence-corrected chi connectivity index (χ4v) is 3.56. The Balaban J connectivity index is 2.07. The van der Waals surface area contributed by atoms with Crippen LogP contribution in [0.1, 0.15) is 43.5 Å². The fraction of sp³-hybridized carbons (Fsp3) is 0.421. The van der Waals surface area contributed by atoms with Gasteiger partial charge in [-0.2, -0.15) is 0 Å². The molecule has 1 N–H and O–H groups in total. The molecule has 22 heavy (non-hydrogen) atoms. The molecule has 0 bridgehead atoms. The van der Waals surface area contributed by atoms with Crippen molar-refractivity contribution in [1.82, 2.24) is 9.88 Å². The highest BCUT2D eigenvalue weighted by molar-refractivity contribution is 5.27. The minimum Gasteiger partial charge on any atom is -0.382 e. The molecule has 0 spiro atoms. The minimum absolute atomic E-state index is 0.0453. The maximum absolute atomic E-state index is 11.6. The summed E-state index contributed by atoms with van der Waals surface area (Å²) in [6.45, 7) is 4.12. The van der Waals surface area contributed by atoms with Crippen LogP contribution in [0.2, 0.25) is 0 Å². The number of pyridine rings is 1. The molecule has 2 heterocycles. The van der Waals surface area contributed by atoms with Crippen LogP contribution in [0.3, 0.4) is 0 Å².